The molecule has 0 spiro atoms. The third-order valence-electron chi connectivity index (χ3n) is 22.4. The van der Waals surface area contributed by atoms with E-state index in [0.717, 1.165) is 34.1 Å². The van der Waals surface area contributed by atoms with Gasteiger partial charge in [0.15, 0.2) is 0 Å². The SMILES string of the molecule is c1ccc(-c2ccc(N(c3ccc(-c4ccc(-c5ccc(-c6ccc7c(c6)c6ccccc6n7-c6ccccc6)cc5)cc4)cc3)c3cccc4ccccc34)cc2)cc1.c1ccc(-c2ccc(N(c3ccc(-c4ccc(-c5ccc6c(c5)c5ccccc5n6-c5ccccc5)cc4)cc3)c3cccc4ccccc34)cc2)cc1. The fourth-order valence-electron chi connectivity index (χ4n) is 16.7. The molecule has 0 radical (unpaired) electrons. The molecular weight excluding hydrogens is 1380 g/mol. The van der Waals surface area contributed by atoms with E-state index in [-0.39, 0.29) is 0 Å². The van der Waals surface area contributed by atoms with Crippen LogP contribution in [-0.2, 0) is 0 Å². The molecule has 0 fully saturated rings. The van der Waals surface area contributed by atoms with Gasteiger partial charge in [-0.2, -0.15) is 0 Å². The van der Waals surface area contributed by atoms with E-state index < -0.39 is 0 Å². The van der Waals surface area contributed by atoms with Crippen molar-refractivity contribution in [2.75, 3.05) is 9.80 Å². The van der Waals surface area contributed by atoms with Crippen LogP contribution >= 0.6 is 0 Å². The number of aromatic nitrogens is 2. The molecule has 0 amide bonds. The molecule has 0 saturated heterocycles. The zero-order chi connectivity index (χ0) is 75.7. The number of rotatable bonds is 15. The Balaban J connectivity index is 0.000000149. The molecule has 21 rings (SSSR count). The van der Waals surface area contributed by atoms with Gasteiger partial charge in [-0.3, -0.25) is 0 Å². The van der Waals surface area contributed by atoms with Gasteiger partial charge < -0.3 is 18.9 Å². The number of nitrogens with zero attached hydrogens (tertiary/aromatic N) is 4. The summed E-state index contributed by atoms with van der Waals surface area (Å²) in [4.78, 5) is 4.74. The van der Waals surface area contributed by atoms with Gasteiger partial charge in [0, 0.05) is 66.4 Å². The minimum absolute atomic E-state index is 1.11. The first-order chi connectivity index (χ1) is 56.5. The molecule has 2 aromatic heterocycles. The van der Waals surface area contributed by atoms with Gasteiger partial charge in [0.25, 0.3) is 0 Å². The maximum atomic E-state index is 2.37. The molecule has 536 valence electrons. The van der Waals surface area contributed by atoms with Crippen LogP contribution < -0.4 is 9.80 Å². The van der Waals surface area contributed by atoms with E-state index >= 15 is 0 Å². The third kappa shape index (κ3) is 13.1. The van der Waals surface area contributed by atoms with Crippen molar-refractivity contribution in [1.82, 2.24) is 9.13 Å². The number of fused-ring (bicyclic) bond motifs is 8. The Morgan fingerprint density at radius 3 is 0.675 bits per heavy atom. The molecule has 0 aliphatic heterocycles. The lowest BCUT2D eigenvalue weighted by atomic mass is 9.97. The first kappa shape index (κ1) is 68.2. The summed E-state index contributed by atoms with van der Waals surface area (Å²) in [7, 11) is 0. The van der Waals surface area contributed by atoms with Gasteiger partial charge >= 0.3 is 0 Å². The molecule has 0 unspecified atom stereocenters. The quantitative estimate of drug-likeness (QED) is 0.102. The molecule has 0 saturated carbocycles. The minimum Gasteiger partial charge on any atom is -0.310 e. The second kappa shape index (κ2) is 30.1. The molecule has 0 N–H and O–H groups in total. The van der Waals surface area contributed by atoms with Crippen LogP contribution in [0.5, 0.6) is 0 Å². The summed E-state index contributed by atoms with van der Waals surface area (Å²) < 4.78 is 4.73. The van der Waals surface area contributed by atoms with Crippen LogP contribution in [0.1, 0.15) is 0 Å². The van der Waals surface area contributed by atoms with Crippen molar-refractivity contribution in [2.45, 2.75) is 0 Å². The predicted octanol–water partition coefficient (Wildman–Crippen LogP) is 30.5. The van der Waals surface area contributed by atoms with E-state index in [1.807, 2.05) is 0 Å². The normalized spacial score (nSPS) is 11.3. The van der Waals surface area contributed by atoms with Gasteiger partial charge in [-0.05, 0) is 210 Å². The van der Waals surface area contributed by atoms with Crippen LogP contribution in [-0.4, -0.2) is 9.13 Å². The van der Waals surface area contributed by atoms with Gasteiger partial charge in [-0.1, -0.05) is 340 Å². The molecular formula is C110H76N4. The smallest absolute Gasteiger partial charge is 0.0541 e. The first-order valence-electron chi connectivity index (χ1n) is 39.1. The van der Waals surface area contributed by atoms with Crippen molar-refractivity contribution >= 4 is 99.3 Å². The van der Waals surface area contributed by atoms with Gasteiger partial charge in [-0.25, -0.2) is 0 Å². The molecule has 4 nitrogen and oxygen atoms in total. The van der Waals surface area contributed by atoms with Crippen LogP contribution in [0.2, 0.25) is 0 Å². The van der Waals surface area contributed by atoms with E-state index in [1.54, 1.807) is 0 Å². The zero-order valence-corrected chi connectivity index (χ0v) is 62.7. The van der Waals surface area contributed by atoms with Crippen molar-refractivity contribution in [1.29, 1.82) is 0 Å². The maximum absolute atomic E-state index is 2.37. The van der Waals surface area contributed by atoms with E-state index in [9.17, 15) is 0 Å². The number of benzene rings is 19. The summed E-state index contributed by atoms with van der Waals surface area (Å²) in [6.45, 7) is 0. The van der Waals surface area contributed by atoms with Crippen molar-refractivity contribution < 1.29 is 0 Å². The van der Waals surface area contributed by atoms with Gasteiger partial charge in [0.05, 0.1) is 33.4 Å². The largest absolute Gasteiger partial charge is 0.310 e. The van der Waals surface area contributed by atoms with Crippen molar-refractivity contribution in [2.24, 2.45) is 0 Å². The van der Waals surface area contributed by atoms with Crippen LogP contribution in [0, 0.1) is 0 Å². The highest BCUT2D eigenvalue weighted by Gasteiger charge is 2.21. The summed E-state index contributed by atoms with van der Waals surface area (Å²) in [5.74, 6) is 0. The Bertz CT molecular complexity index is 6990. The summed E-state index contributed by atoms with van der Waals surface area (Å²) in [6, 6.07) is 166. The fourth-order valence-corrected chi connectivity index (χ4v) is 16.7. The monoisotopic (exact) mass is 1450 g/mol. The Morgan fingerprint density at radius 1 is 0.140 bits per heavy atom. The van der Waals surface area contributed by atoms with E-state index in [1.165, 1.54) is 154 Å². The summed E-state index contributed by atoms with van der Waals surface area (Å²) in [6.07, 6.45) is 0. The molecule has 19 aromatic carbocycles. The van der Waals surface area contributed by atoms with Gasteiger partial charge in [0.2, 0.25) is 0 Å². The predicted molar refractivity (Wildman–Crippen MR) is 484 cm³/mol. The highest BCUT2D eigenvalue weighted by molar-refractivity contribution is 6.12. The van der Waals surface area contributed by atoms with E-state index in [2.05, 4.69) is 480 Å². The number of hydrogen-bond donors (Lipinski definition) is 0. The van der Waals surface area contributed by atoms with Crippen molar-refractivity contribution in [3.05, 3.63) is 461 Å². The Labute approximate surface area is 664 Å². The first-order valence-corrected chi connectivity index (χ1v) is 39.1. The average molecular weight is 1450 g/mol. The Morgan fingerprint density at radius 2 is 0.360 bits per heavy atom. The second-order valence-electron chi connectivity index (χ2n) is 29.2. The Hall–Kier alpha value is -15.1. The fraction of sp³-hybridized carbons (Fsp3) is 0. The van der Waals surface area contributed by atoms with E-state index in [0.29, 0.717) is 0 Å². The topological polar surface area (TPSA) is 16.3 Å². The Kier molecular flexibility index (Phi) is 18.0. The number of hydrogen-bond acceptors (Lipinski definition) is 2. The molecule has 2 heterocycles. The van der Waals surface area contributed by atoms with Crippen LogP contribution in [0.4, 0.5) is 34.1 Å². The second-order valence-corrected chi connectivity index (χ2v) is 29.2. The molecule has 4 heteroatoms. The minimum atomic E-state index is 1.11. The number of para-hydroxylation sites is 4. The average Bonchev–Trinajstić information content (AvgIpc) is 1.58. The summed E-state index contributed by atoms with van der Waals surface area (Å²) in [5, 5.41) is 9.93. The highest BCUT2D eigenvalue weighted by atomic mass is 15.1. The maximum Gasteiger partial charge on any atom is 0.0541 e. The lowest BCUT2D eigenvalue weighted by molar-refractivity contribution is 1.18. The van der Waals surface area contributed by atoms with Crippen LogP contribution in [0.25, 0.3) is 154 Å². The van der Waals surface area contributed by atoms with Crippen LogP contribution in [0.15, 0.2) is 461 Å². The number of anilines is 6. The molecule has 0 aliphatic carbocycles. The molecule has 0 bridgehead atoms. The van der Waals surface area contributed by atoms with E-state index in [4.69, 9.17) is 0 Å². The van der Waals surface area contributed by atoms with Gasteiger partial charge in [0.1, 0.15) is 0 Å². The molecule has 0 atom stereocenters. The third-order valence-corrected chi connectivity index (χ3v) is 22.4. The standard InChI is InChI=1S/C58H40N2.C52H36N2/c1-3-12-41(13-4-1)45-30-35-51(36-31-45)59(56-21-11-15-48-14-7-8-18-53(48)56)52-37-32-46(33-38-52)44-24-22-42(23-25-44)43-26-28-47(29-27-43)49-34-39-58-55(40-49)54-19-9-10-20-57(54)60(58)50-16-5-2-6-17-50;1-3-12-37(13-4-1)39-26-31-45(32-27-39)53(50-21-11-15-42-14-7-8-18-47(42)50)46-33-28-40(29-34-46)38-22-24-41(25-23-38)43-30-35-52-49(36-43)48-19-9-10-20-51(48)54(52)44-16-5-2-6-17-44/h1-40H;1-36H. The van der Waals surface area contributed by atoms with Crippen LogP contribution in [0.3, 0.4) is 0 Å². The summed E-state index contributed by atoms with van der Waals surface area (Å²) in [5.41, 5.74) is 30.8. The molecule has 21 aromatic rings. The lowest BCUT2D eigenvalue weighted by Crippen LogP contribution is -2.10. The highest BCUT2D eigenvalue weighted by Crippen LogP contribution is 2.45. The molecule has 114 heavy (non-hydrogen) atoms. The lowest BCUT2D eigenvalue weighted by Gasteiger charge is -2.27. The van der Waals surface area contributed by atoms with Gasteiger partial charge in [-0.15, -0.1) is 0 Å². The van der Waals surface area contributed by atoms with Crippen molar-refractivity contribution in [3.63, 3.8) is 0 Å². The van der Waals surface area contributed by atoms with Crippen molar-refractivity contribution in [3.8, 4) is 89.3 Å². The summed E-state index contributed by atoms with van der Waals surface area (Å²) >= 11 is 0. The molecule has 0 aliphatic rings. The zero-order valence-electron chi connectivity index (χ0n) is 62.7.